The molecule has 2 aromatic rings. The summed E-state index contributed by atoms with van der Waals surface area (Å²) in [6.07, 6.45) is 2.62. The highest BCUT2D eigenvalue weighted by molar-refractivity contribution is 6.09. The van der Waals surface area contributed by atoms with Gasteiger partial charge in [-0.25, -0.2) is 4.98 Å². The number of carbonyl (C=O) groups excluding carboxylic acids is 1. The SMILES string of the molecule is CCNc1ncc(C(=O)N(C)C(C)CC)c2ccccc12. The number of pyridine rings is 1. The Morgan fingerprint density at radius 1 is 1.29 bits per heavy atom. The number of nitrogens with zero attached hydrogens (tertiary/aromatic N) is 2. The number of carbonyl (C=O) groups is 1. The molecular formula is C17H23N3O. The van der Waals surface area contributed by atoms with Crippen LogP contribution in [0.3, 0.4) is 0 Å². The third kappa shape index (κ3) is 2.99. The predicted molar refractivity (Wildman–Crippen MR) is 87.8 cm³/mol. The molecule has 0 saturated heterocycles. The summed E-state index contributed by atoms with van der Waals surface area (Å²) in [6, 6.07) is 8.12. The molecule has 1 amide bonds. The summed E-state index contributed by atoms with van der Waals surface area (Å²) < 4.78 is 0. The zero-order chi connectivity index (χ0) is 15.4. The maximum Gasteiger partial charge on any atom is 0.256 e. The summed E-state index contributed by atoms with van der Waals surface area (Å²) in [5.41, 5.74) is 0.662. The van der Waals surface area contributed by atoms with Gasteiger partial charge in [-0.15, -0.1) is 0 Å². The smallest absolute Gasteiger partial charge is 0.256 e. The number of aromatic nitrogens is 1. The Bertz CT molecular complexity index is 639. The van der Waals surface area contributed by atoms with Crippen molar-refractivity contribution in [3.8, 4) is 0 Å². The minimum absolute atomic E-state index is 0.0242. The van der Waals surface area contributed by atoms with Crippen molar-refractivity contribution < 1.29 is 4.79 Å². The van der Waals surface area contributed by atoms with Crippen LogP contribution in [0.25, 0.3) is 10.8 Å². The highest BCUT2D eigenvalue weighted by Crippen LogP contribution is 2.25. The lowest BCUT2D eigenvalue weighted by molar-refractivity contribution is 0.0742. The number of fused-ring (bicyclic) bond motifs is 1. The summed E-state index contributed by atoms with van der Waals surface area (Å²) in [7, 11) is 1.85. The van der Waals surface area contributed by atoms with E-state index in [1.165, 1.54) is 0 Å². The second-order valence-corrected chi connectivity index (χ2v) is 5.27. The molecule has 1 unspecified atom stereocenters. The molecule has 0 spiro atoms. The van der Waals surface area contributed by atoms with Gasteiger partial charge in [0.15, 0.2) is 0 Å². The average Bonchev–Trinajstić information content (AvgIpc) is 2.53. The van der Waals surface area contributed by atoms with Gasteiger partial charge in [0.25, 0.3) is 5.91 Å². The van der Waals surface area contributed by atoms with Gasteiger partial charge in [-0.2, -0.15) is 0 Å². The quantitative estimate of drug-likeness (QED) is 0.914. The van der Waals surface area contributed by atoms with Crippen LogP contribution in [0.5, 0.6) is 0 Å². The summed E-state index contributed by atoms with van der Waals surface area (Å²) in [4.78, 5) is 18.9. The third-order valence-electron chi connectivity index (χ3n) is 3.94. The molecule has 1 aromatic carbocycles. The maximum atomic E-state index is 12.7. The predicted octanol–water partition coefficient (Wildman–Crippen LogP) is 3.54. The minimum atomic E-state index is 0.0242. The molecule has 0 aliphatic rings. The van der Waals surface area contributed by atoms with Gasteiger partial charge in [-0.3, -0.25) is 4.79 Å². The van der Waals surface area contributed by atoms with E-state index in [1.54, 1.807) is 11.1 Å². The second kappa shape index (κ2) is 6.57. The molecule has 0 fully saturated rings. The van der Waals surface area contributed by atoms with Crippen LogP contribution < -0.4 is 5.32 Å². The monoisotopic (exact) mass is 285 g/mol. The fraction of sp³-hybridized carbons (Fsp3) is 0.412. The van der Waals surface area contributed by atoms with Crippen molar-refractivity contribution in [3.05, 3.63) is 36.0 Å². The highest BCUT2D eigenvalue weighted by Gasteiger charge is 2.19. The Morgan fingerprint density at radius 3 is 2.57 bits per heavy atom. The molecule has 1 aromatic heterocycles. The lowest BCUT2D eigenvalue weighted by Crippen LogP contribution is -2.34. The van der Waals surface area contributed by atoms with Gasteiger partial charge in [0.1, 0.15) is 5.82 Å². The zero-order valence-electron chi connectivity index (χ0n) is 13.2. The fourth-order valence-electron chi connectivity index (χ4n) is 2.34. The van der Waals surface area contributed by atoms with Crippen molar-refractivity contribution in [2.45, 2.75) is 33.2 Å². The minimum Gasteiger partial charge on any atom is -0.370 e. The van der Waals surface area contributed by atoms with Crippen molar-refractivity contribution in [3.63, 3.8) is 0 Å². The summed E-state index contributed by atoms with van der Waals surface area (Å²) in [5.74, 6) is 0.854. The molecule has 4 nitrogen and oxygen atoms in total. The normalized spacial score (nSPS) is 12.2. The first-order chi connectivity index (χ1) is 10.1. The van der Waals surface area contributed by atoms with Gasteiger partial charge >= 0.3 is 0 Å². The van der Waals surface area contributed by atoms with Crippen LogP contribution in [0, 0.1) is 0 Å². The molecule has 2 rings (SSSR count). The first-order valence-corrected chi connectivity index (χ1v) is 7.48. The Morgan fingerprint density at radius 2 is 1.95 bits per heavy atom. The molecule has 0 aliphatic carbocycles. The Kier molecular flexibility index (Phi) is 4.78. The summed E-state index contributed by atoms with van der Waals surface area (Å²) in [5, 5.41) is 5.18. The topological polar surface area (TPSA) is 45.2 Å². The molecule has 112 valence electrons. The van der Waals surface area contributed by atoms with Crippen molar-refractivity contribution in [2.24, 2.45) is 0 Å². The maximum absolute atomic E-state index is 12.7. The number of amides is 1. The van der Waals surface area contributed by atoms with Gasteiger partial charge in [-0.05, 0) is 25.7 Å². The Labute approximate surface area is 126 Å². The van der Waals surface area contributed by atoms with Crippen LogP contribution in [0.1, 0.15) is 37.6 Å². The van der Waals surface area contributed by atoms with Crippen molar-refractivity contribution >= 4 is 22.5 Å². The Balaban J connectivity index is 2.50. The van der Waals surface area contributed by atoms with Crippen LogP contribution in [0.15, 0.2) is 30.5 Å². The summed E-state index contributed by atoms with van der Waals surface area (Å²) in [6.45, 7) is 6.98. The molecule has 4 heteroatoms. The van der Waals surface area contributed by atoms with Crippen LogP contribution >= 0.6 is 0 Å². The third-order valence-corrected chi connectivity index (χ3v) is 3.94. The van der Waals surface area contributed by atoms with E-state index in [-0.39, 0.29) is 11.9 Å². The lowest BCUT2D eigenvalue weighted by atomic mass is 10.1. The van der Waals surface area contributed by atoms with Gasteiger partial charge in [0, 0.05) is 31.2 Å². The van der Waals surface area contributed by atoms with E-state index < -0.39 is 0 Å². The molecular weight excluding hydrogens is 262 g/mol. The molecule has 21 heavy (non-hydrogen) atoms. The number of nitrogens with one attached hydrogen (secondary N) is 1. The molecule has 1 N–H and O–H groups in total. The summed E-state index contributed by atoms with van der Waals surface area (Å²) >= 11 is 0. The largest absolute Gasteiger partial charge is 0.370 e. The van der Waals surface area contributed by atoms with Crippen LogP contribution in [0.4, 0.5) is 5.82 Å². The van der Waals surface area contributed by atoms with Gasteiger partial charge in [-0.1, -0.05) is 31.2 Å². The molecule has 0 radical (unpaired) electrons. The highest BCUT2D eigenvalue weighted by atomic mass is 16.2. The number of anilines is 1. The van der Waals surface area contributed by atoms with Crippen molar-refractivity contribution in [2.75, 3.05) is 18.9 Å². The molecule has 1 atom stereocenters. The van der Waals surface area contributed by atoms with Crippen molar-refractivity contribution in [1.29, 1.82) is 0 Å². The van der Waals surface area contributed by atoms with E-state index in [0.29, 0.717) is 5.56 Å². The Hall–Kier alpha value is -2.10. The first-order valence-electron chi connectivity index (χ1n) is 7.48. The number of rotatable bonds is 5. The molecule has 0 bridgehead atoms. The van der Waals surface area contributed by atoms with E-state index >= 15 is 0 Å². The molecule has 1 heterocycles. The van der Waals surface area contributed by atoms with Crippen LogP contribution in [0.2, 0.25) is 0 Å². The first kappa shape index (κ1) is 15.3. The standard InChI is InChI=1S/C17H23N3O/c1-5-12(3)20(4)17(21)15-11-19-16(18-6-2)14-10-8-7-9-13(14)15/h7-12H,5-6H2,1-4H3,(H,18,19). The van der Waals surface area contributed by atoms with E-state index in [1.807, 2.05) is 38.2 Å². The van der Waals surface area contributed by atoms with Crippen molar-refractivity contribution in [1.82, 2.24) is 9.88 Å². The lowest BCUT2D eigenvalue weighted by Gasteiger charge is -2.24. The van der Waals surface area contributed by atoms with Crippen LogP contribution in [-0.4, -0.2) is 35.4 Å². The van der Waals surface area contributed by atoms with Gasteiger partial charge in [0.05, 0.1) is 5.56 Å². The van der Waals surface area contributed by atoms with E-state index in [4.69, 9.17) is 0 Å². The van der Waals surface area contributed by atoms with Gasteiger partial charge < -0.3 is 10.2 Å². The van der Waals surface area contributed by atoms with Gasteiger partial charge in [0.2, 0.25) is 0 Å². The van der Waals surface area contributed by atoms with E-state index in [2.05, 4.69) is 24.1 Å². The number of hydrogen-bond acceptors (Lipinski definition) is 3. The number of hydrogen-bond donors (Lipinski definition) is 1. The molecule has 0 aliphatic heterocycles. The van der Waals surface area contributed by atoms with E-state index in [9.17, 15) is 4.79 Å². The number of benzene rings is 1. The fourth-order valence-corrected chi connectivity index (χ4v) is 2.34. The second-order valence-electron chi connectivity index (χ2n) is 5.27. The zero-order valence-corrected chi connectivity index (χ0v) is 13.2. The van der Waals surface area contributed by atoms with Crippen LogP contribution in [-0.2, 0) is 0 Å². The van der Waals surface area contributed by atoms with E-state index in [0.717, 1.165) is 29.6 Å². The average molecular weight is 285 g/mol. The molecule has 0 saturated carbocycles.